The molecule has 0 unspecified atom stereocenters. The molecule has 1 fully saturated rings. The SMILES string of the molecule is COC(=O)CC1(CSc2nc3ccccc3s2)CC1. The summed E-state index contributed by atoms with van der Waals surface area (Å²) < 4.78 is 7.08. The third-order valence-corrected chi connectivity index (χ3v) is 6.01. The molecule has 0 aliphatic heterocycles. The molecule has 0 bridgehead atoms. The van der Waals surface area contributed by atoms with Gasteiger partial charge in [0, 0.05) is 5.75 Å². The fourth-order valence-corrected chi connectivity index (χ4v) is 4.42. The molecule has 100 valence electrons. The van der Waals surface area contributed by atoms with Crippen molar-refractivity contribution < 1.29 is 9.53 Å². The predicted molar refractivity (Wildman–Crippen MR) is 78.6 cm³/mol. The van der Waals surface area contributed by atoms with Gasteiger partial charge in [-0.2, -0.15) is 0 Å². The van der Waals surface area contributed by atoms with Crippen LogP contribution >= 0.6 is 23.1 Å². The van der Waals surface area contributed by atoms with Crippen LogP contribution in [0.2, 0.25) is 0 Å². The smallest absolute Gasteiger partial charge is 0.306 e. The van der Waals surface area contributed by atoms with Crippen LogP contribution < -0.4 is 0 Å². The summed E-state index contributed by atoms with van der Waals surface area (Å²) in [6.45, 7) is 0. The Morgan fingerprint density at radius 2 is 2.26 bits per heavy atom. The van der Waals surface area contributed by atoms with Crippen LogP contribution in [0, 0.1) is 5.41 Å². The number of hydrogen-bond donors (Lipinski definition) is 0. The van der Waals surface area contributed by atoms with E-state index < -0.39 is 0 Å². The molecule has 2 aromatic rings. The number of fused-ring (bicyclic) bond motifs is 1. The van der Waals surface area contributed by atoms with Gasteiger partial charge >= 0.3 is 5.97 Å². The van der Waals surface area contributed by atoms with Gasteiger partial charge in [-0.15, -0.1) is 11.3 Å². The average Bonchev–Trinajstić information content (AvgIpc) is 3.05. The Morgan fingerprint density at radius 3 is 2.95 bits per heavy atom. The zero-order valence-electron chi connectivity index (χ0n) is 10.7. The maximum Gasteiger partial charge on any atom is 0.306 e. The molecule has 3 nitrogen and oxygen atoms in total. The fraction of sp³-hybridized carbons (Fsp3) is 0.429. The van der Waals surface area contributed by atoms with Crippen molar-refractivity contribution >= 4 is 39.3 Å². The number of para-hydroxylation sites is 1. The number of rotatable bonds is 5. The number of carbonyl (C=O) groups is 1. The van der Waals surface area contributed by atoms with Gasteiger partial charge in [0.2, 0.25) is 0 Å². The van der Waals surface area contributed by atoms with Crippen molar-refractivity contribution in [1.82, 2.24) is 4.98 Å². The highest BCUT2D eigenvalue weighted by Crippen LogP contribution is 2.52. The van der Waals surface area contributed by atoms with E-state index in [0.29, 0.717) is 6.42 Å². The maximum atomic E-state index is 11.4. The van der Waals surface area contributed by atoms with Crippen LogP contribution in [-0.2, 0) is 9.53 Å². The van der Waals surface area contributed by atoms with Gasteiger partial charge in [0.15, 0.2) is 4.34 Å². The lowest BCUT2D eigenvalue weighted by molar-refractivity contribution is -0.141. The highest BCUT2D eigenvalue weighted by molar-refractivity contribution is 8.01. The van der Waals surface area contributed by atoms with Crippen molar-refractivity contribution in [1.29, 1.82) is 0 Å². The van der Waals surface area contributed by atoms with Crippen molar-refractivity contribution in [3.63, 3.8) is 0 Å². The van der Waals surface area contributed by atoms with Gasteiger partial charge in [0.1, 0.15) is 0 Å². The molecule has 0 amide bonds. The Balaban J connectivity index is 1.64. The van der Waals surface area contributed by atoms with E-state index in [1.807, 2.05) is 18.2 Å². The quantitative estimate of drug-likeness (QED) is 0.622. The van der Waals surface area contributed by atoms with Crippen LogP contribution in [0.3, 0.4) is 0 Å². The molecule has 3 rings (SSSR count). The summed E-state index contributed by atoms with van der Waals surface area (Å²) in [7, 11) is 1.46. The molecule has 0 radical (unpaired) electrons. The van der Waals surface area contributed by atoms with Crippen LogP contribution in [0.15, 0.2) is 28.6 Å². The minimum atomic E-state index is -0.0950. The minimum Gasteiger partial charge on any atom is -0.469 e. The van der Waals surface area contributed by atoms with Gasteiger partial charge in [0.25, 0.3) is 0 Å². The van der Waals surface area contributed by atoms with E-state index >= 15 is 0 Å². The Morgan fingerprint density at radius 1 is 1.47 bits per heavy atom. The van der Waals surface area contributed by atoms with E-state index in [-0.39, 0.29) is 11.4 Å². The summed E-state index contributed by atoms with van der Waals surface area (Å²) in [4.78, 5) is 16.0. The molecule has 0 spiro atoms. The molecule has 1 aromatic carbocycles. The maximum absolute atomic E-state index is 11.4. The second kappa shape index (κ2) is 5.13. The normalized spacial score (nSPS) is 16.5. The standard InChI is InChI=1S/C14H15NO2S2/c1-17-12(16)8-14(6-7-14)9-18-13-15-10-4-2-3-5-11(10)19-13/h2-5H,6-9H2,1H3. The molecule has 5 heteroatoms. The first-order valence-electron chi connectivity index (χ1n) is 6.26. The number of methoxy groups -OCH3 is 1. The van der Waals surface area contributed by atoms with Crippen molar-refractivity contribution in [2.75, 3.05) is 12.9 Å². The minimum absolute atomic E-state index is 0.0950. The number of nitrogens with zero attached hydrogens (tertiary/aromatic N) is 1. The Kier molecular flexibility index (Phi) is 3.50. The summed E-state index contributed by atoms with van der Waals surface area (Å²) in [5.41, 5.74) is 1.23. The third-order valence-electron chi connectivity index (χ3n) is 3.48. The molecule has 0 N–H and O–H groups in total. The number of carbonyl (C=O) groups excluding carboxylic acids is 1. The molecule has 0 saturated heterocycles. The Bertz CT molecular complexity index is 571. The van der Waals surface area contributed by atoms with Crippen LogP contribution in [0.1, 0.15) is 19.3 Å². The summed E-state index contributed by atoms with van der Waals surface area (Å²) in [6.07, 6.45) is 2.79. The topological polar surface area (TPSA) is 39.2 Å². The molecule has 0 atom stereocenters. The van der Waals surface area contributed by atoms with E-state index in [9.17, 15) is 4.79 Å². The van der Waals surface area contributed by atoms with Gasteiger partial charge in [-0.05, 0) is 30.4 Å². The Hall–Kier alpha value is -1.07. The van der Waals surface area contributed by atoms with E-state index in [4.69, 9.17) is 4.74 Å². The lowest BCUT2D eigenvalue weighted by Crippen LogP contribution is -2.12. The number of thiazole rings is 1. The highest BCUT2D eigenvalue weighted by atomic mass is 32.2. The number of hydrogen-bond acceptors (Lipinski definition) is 5. The van der Waals surface area contributed by atoms with Crippen LogP contribution in [0.5, 0.6) is 0 Å². The van der Waals surface area contributed by atoms with E-state index in [1.54, 1.807) is 23.1 Å². The molecule has 1 aliphatic rings. The summed E-state index contributed by atoms with van der Waals surface area (Å²) in [6, 6.07) is 8.18. The van der Waals surface area contributed by atoms with Gasteiger partial charge < -0.3 is 4.74 Å². The van der Waals surface area contributed by atoms with Crippen LogP contribution in [0.4, 0.5) is 0 Å². The average molecular weight is 293 g/mol. The van der Waals surface area contributed by atoms with E-state index in [1.165, 1.54) is 11.8 Å². The summed E-state index contributed by atoms with van der Waals surface area (Å²) >= 11 is 3.49. The van der Waals surface area contributed by atoms with Crippen molar-refractivity contribution in [2.45, 2.75) is 23.6 Å². The van der Waals surface area contributed by atoms with E-state index in [0.717, 1.165) is 28.5 Å². The van der Waals surface area contributed by atoms with E-state index in [2.05, 4.69) is 11.1 Å². The highest BCUT2D eigenvalue weighted by Gasteiger charge is 2.44. The van der Waals surface area contributed by atoms with Crippen molar-refractivity contribution in [3.05, 3.63) is 24.3 Å². The summed E-state index contributed by atoms with van der Waals surface area (Å²) in [5, 5.41) is 0. The zero-order chi connectivity index (χ0) is 13.3. The monoisotopic (exact) mass is 293 g/mol. The van der Waals surface area contributed by atoms with Crippen LogP contribution in [0.25, 0.3) is 10.2 Å². The molecular weight excluding hydrogens is 278 g/mol. The Labute approximate surface area is 120 Å². The number of esters is 1. The molecule has 1 saturated carbocycles. The second-order valence-corrected chi connectivity index (χ2v) is 7.24. The molecule has 19 heavy (non-hydrogen) atoms. The van der Waals surface area contributed by atoms with Crippen LogP contribution in [-0.4, -0.2) is 23.8 Å². The summed E-state index contributed by atoms with van der Waals surface area (Å²) in [5.74, 6) is 0.865. The van der Waals surface area contributed by atoms with Crippen molar-refractivity contribution in [2.24, 2.45) is 5.41 Å². The zero-order valence-corrected chi connectivity index (χ0v) is 12.4. The number of benzene rings is 1. The van der Waals surface area contributed by atoms with Gasteiger partial charge in [0.05, 0.1) is 23.7 Å². The van der Waals surface area contributed by atoms with Gasteiger partial charge in [-0.1, -0.05) is 23.9 Å². The first kappa shape index (κ1) is 12.9. The van der Waals surface area contributed by atoms with Crippen molar-refractivity contribution in [3.8, 4) is 0 Å². The fourth-order valence-electron chi connectivity index (χ4n) is 2.05. The largest absolute Gasteiger partial charge is 0.469 e. The van der Waals surface area contributed by atoms with Gasteiger partial charge in [-0.25, -0.2) is 4.98 Å². The molecule has 1 aromatic heterocycles. The first-order chi connectivity index (χ1) is 9.21. The predicted octanol–water partition coefficient (Wildman–Crippen LogP) is 3.73. The lowest BCUT2D eigenvalue weighted by atomic mass is 10.1. The second-order valence-electron chi connectivity index (χ2n) is 4.99. The number of aromatic nitrogens is 1. The first-order valence-corrected chi connectivity index (χ1v) is 8.06. The van der Waals surface area contributed by atoms with Gasteiger partial charge in [-0.3, -0.25) is 4.79 Å². The molecule has 1 heterocycles. The third kappa shape index (κ3) is 2.92. The molecular formula is C14H15NO2S2. The number of thioether (sulfide) groups is 1. The molecule has 1 aliphatic carbocycles. The lowest BCUT2D eigenvalue weighted by Gasteiger charge is -2.11. The number of ether oxygens (including phenoxy) is 1.